The number of Topliss-reactive ketones (excluding diaryl/α,β-unsaturated/α-hetero) is 1. The minimum Gasteiger partial charge on any atom is -0.399 e. The standard InChI is InChI=1S/C26H34N2OS/c1-16-5-7-19(8-6-16)23-15-28(4)12-11-21(23)22-14-25(30-26(22)18(3)29)20-9-10-24(27)17(2)13-20/h9-10,13-14,16,19H,5-8,11-12,15,27H2,1-4H3. The molecule has 2 aliphatic rings. The molecule has 3 nitrogen and oxygen atoms in total. The van der Waals surface area contributed by atoms with Gasteiger partial charge in [-0.25, -0.2) is 0 Å². The summed E-state index contributed by atoms with van der Waals surface area (Å²) >= 11 is 1.64. The number of aryl methyl sites for hydroxylation is 1. The Kier molecular flexibility index (Phi) is 6.17. The summed E-state index contributed by atoms with van der Waals surface area (Å²) < 4.78 is 0. The molecule has 1 aromatic heterocycles. The number of carbonyl (C=O) groups excluding carboxylic acids is 1. The quantitative estimate of drug-likeness (QED) is 0.456. The molecule has 1 saturated carbocycles. The molecular weight excluding hydrogens is 388 g/mol. The van der Waals surface area contributed by atoms with Gasteiger partial charge in [-0.2, -0.15) is 0 Å². The van der Waals surface area contributed by atoms with E-state index in [1.807, 2.05) is 13.0 Å². The Hall–Kier alpha value is -1.91. The van der Waals surface area contributed by atoms with Crippen LogP contribution in [0.3, 0.4) is 0 Å². The van der Waals surface area contributed by atoms with Crippen LogP contribution in [-0.4, -0.2) is 30.8 Å². The van der Waals surface area contributed by atoms with Crippen LogP contribution in [0.15, 0.2) is 29.8 Å². The number of anilines is 1. The van der Waals surface area contributed by atoms with Crippen molar-refractivity contribution in [2.24, 2.45) is 11.8 Å². The third-order valence-corrected chi connectivity index (χ3v) is 8.30. The zero-order valence-electron chi connectivity index (χ0n) is 18.8. The van der Waals surface area contributed by atoms with Gasteiger partial charge in [0.2, 0.25) is 0 Å². The van der Waals surface area contributed by atoms with Gasteiger partial charge in [0.15, 0.2) is 5.78 Å². The molecule has 4 rings (SSSR count). The second-order valence-corrected chi connectivity index (χ2v) is 10.5. The van der Waals surface area contributed by atoms with E-state index in [9.17, 15) is 4.79 Å². The molecule has 0 atom stereocenters. The number of ketones is 1. The Morgan fingerprint density at radius 2 is 1.90 bits per heavy atom. The lowest BCUT2D eigenvalue weighted by Crippen LogP contribution is -2.31. The van der Waals surface area contributed by atoms with Crippen molar-refractivity contribution in [2.75, 3.05) is 25.9 Å². The highest BCUT2D eigenvalue weighted by Crippen LogP contribution is 2.43. The molecule has 2 N–H and O–H groups in total. The van der Waals surface area contributed by atoms with Crippen molar-refractivity contribution in [1.29, 1.82) is 0 Å². The van der Waals surface area contributed by atoms with Gasteiger partial charge in [0, 0.05) is 23.7 Å². The minimum absolute atomic E-state index is 0.177. The lowest BCUT2D eigenvalue weighted by Gasteiger charge is -2.35. The van der Waals surface area contributed by atoms with Gasteiger partial charge >= 0.3 is 0 Å². The van der Waals surface area contributed by atoms with Crippen LogP contribution >= 0.6 is 11.3 Å². The number of nitrogens with zero attached hydrogens (tertiary/aromatic N) is 1. The van der Waals surface area contributed by atoms with Crippen LogP contribution in [0.5, 0.6) is 0 Å². The van der Waals surface area contributed by atoms with Gasteiger partial charge in [0.05, 0.1) is 4.88 Å². The molecule has 0 saturated heterocycles. The molecule has 2 heterocycles. The van der Waals surface area contributed by atoms with Crippen molar-refractivity contribution in [3.05, 3.63) is 45.8 Å². The topological polar surface area (TPSA) is 46.3 Å². The maximum atomic E-state index is 12.6. The Balaban J connectivity index is 1.80. The molecule has 1 aromatic carbocycles. The molecule has 0 spiro atoms. The molecule has 0 bridgehead atoms. The number of likely N-dealkylation sites (N-methyl/N-ethyl adjacent to an activating group) is 1. The zero-order chi connectivity index (χ0) is 21.4. The number of nitrogen functional groups attached to an aromatic ring is 1. The highest BCUT2D eigenvalue weighted by molar-refractivity contribution is 7.17. The van der Waals surface area contributed by atoms with Crippen molar-refractivity contribution in [3.8, 4) is 10.4 Å². The molecule has 160 valence electrons. The normalized spacial score (nSPS) is 23.1. The van der Waals surface area contributed by atoms with Gasteiger partial charge < -0.3 is 10.6 Å². The van der Waals surface area contributed by atoms with Crippen LogP contribution in [0.4, 0.5) is 5.69 Å². The molecule has 0 amide bonds. The van der Waals surface area contributed by atoms with Crippen molar-refractivity contribution in [3.63, 3.8) is 0 Å². The molecule has 30 heavy (non-hydrogen) atoms. The smallest absolute Gasteiger partial charge is 0.170 e. The molecule has 1 fully saturated rings. The maximum Gasteiger partial charge on any atom is 0.170 e. The monoisotopic (exact) mass is 422 g/mol. The lowest BCUT2D eigenvalue weighted by molar-refractivity contribution is 0.102. The highest BCUT2D eigenvalue weighted by Gasteiger charge is 2.29. The van der Waals surface area contributed by atoms with E-state index in [0.29, 0.717) is 5.92 Å². The fourth-order valence-electron chi connectivity index (χ4n) is 5.07. The summed E-state index contributed by atoms with van der Waals surface area (Å²) in [5, 5.41) is 0. The number of hydrogen-bond donors (Lipinski definition) is 1. The van der Waals surface area contributed by atoms with Gasteiger partial charge in [0.1, 0.15) is 0 Å². The summed E-state index contributed by atoms with van der Waals surface area (Å²) in [5.41, 5.74) is 13.3. The van der Waals surface area contributed by atoms with Crippen molar-refractivity contribution < 1.29 is 4.79 Å². The first-order valence-corrected chi connectivity index (χ1v) is 12.1. The number of rotatable bonds is 4. The molecule has 0 unspecified atom stereocenters. The third-order valence-electron chi connectivity index (χ3n) is 7.01. The van der Waals surface area contributed by atoms with Crippen molar-refractivity contribution in [2.45, 2.75) is 52.9 Å². The SMILES string of the molecule is CC(=O)c1sc(-c2ccc(N)c(C)c2)cc1C1=C(C2CCC(C)CC2)CN(C)CC1. The Morgan fingerprint density at radius 1 is 1.17 bits per heavy atom. The van der Waals surface area contributed by atoms with Crippen molar-refractivity contribution in [1.82, 2.24) is 4.90 Å². The first kappa shape index (κ1) is 21.3. The summed E-state index contributed by atoms with van der Waals surface area (Å²) in [6, 6.07) is 8.47. The van der Waals surface area contributed by atoms with Crippen molar-refractivity contribution >= 4 is 28.4 Å². The molecule has 2 aromatic rings. The maximum absolute atomic E-state index is 12.6. The predicted molar refractivity (Wildman–Crippen MR) is 129 cm³/mol. The van der Waals surface area contributed by atoms with Gasteiger partial charge in [-0.1, -0.05) is 25.8 Å². The van der Waals surface area contributed by atoms with Gasteiger partial charge in [-0.15, -0.1) is 11.3 Å². The summed E-state index contributed by atoms with van der Waals surface area (Å²) in [5.74, 6) is 1.69. The molecule has 0 radical (unpaired) electrons. The number of benzene rings is 1. The average Bonchev–Trinajstić information content (AvgIpc) is 3.16. The predicted octanol–water partition coefficient (Wildman–Crippen LogP) is 6.42. The summed E-state index contributed by atoms with van der Waals surface area (Å²) in [4.78, 5) is 17.2. The molecule has 4 heteroatoms. The second kappa shape index (κ2) is 8.68. The van der Waals surface area contributed by atoms with E-state index >= 15 is 0 Å². The van der Waals surface area contributed by atoms with Crippen LogP contribution in [0.2, 0.25) is 0 Å². The van der Waals surface area contributed by atoms with Crippen LogP contribution in [0.25, 0.3) is 16.0 Å². The minimum atomic E-state index is 0.177. The zero-order valence-corrected chi connectivity index (χ0v) is 19.6. The number of nitrogens with two attached hydrogens (primary N) is 1. The fourth-order valence-corrected chi connectivity index (χ4v) is 6.15. The molecular formula is C26H34N2OS. The lowest BCUT2D eigenvalue weighted by atomic mass is 9.75. The van der Waals surface area contributed by atoms with Crippen LogP contribution in [-0.2, 0) is 0 Å². The average molecular weight is 423 g/mol. The van der Waals surface area contributed by atoms with Crippen LogP contribution < -0.4 is 5.73 Å². The van der Waals surface area contributed by atoms with E-state index in [1.54, 1.807) is 23.8 Å². The Bertz CT molecular complexity index is 979. The summed E-state index contributed by atoms with van der Waals surface area (Å²) in [7, 11) is 2.23. The van der Waals surface area contributed by atoms with E-state index in [0.717, 1.165) is 47.1 Å². The first-order chi connectivity index (χ1) is 14.3. The fraction of sp³-hybridized carbons (Fsp3) is 0.500. The number of carbonyl (C=O) groups is 1. The first-order valence-electron chi connectivity index (χ1n) is 11.3. The molecule has 1 aliphatic carbocycles. The number of thiophene rings is 1. The van der Waals surface area contributed by atoms with E-state index in [2.05, 4.69) is 37.1 Å². The van der Waals surface area contributed by atoms with Gasteiger partial charge in [0.25, 0.3) is 0 Å². The highest BCUT2D eigenvalue weighted by atomic mass is 32.1. The molecule has 1 aliphatic heterocycles. The van der Waals surface area contributed by atoms with Gasteiger partial charge in [-0.3, -0.25) is 4.79 Å². The Labute approximate surface area is 185 Å². The van der Waals surface area contributed by atoms with Crippen LogP contribution in [0, 0.1) is 18.8 Å². The van der Waals surface area contributed by atoms with E-state index in [-0.39, 0.29) is 5.78 Å². The van der Waals surface area contributed by atoms with Gasteiger partial charge in [-0.05, 0) is 98.0 Å². The third kappa shape index (κ3) is 4.26. The second-order valence-electron chi connectivity index (χ2n) is 9.43. The largest absolute Gasteiger partial charge is 0.399 e. The summed E-state index contributed by atoms with van der Waals surface area (Å²) in [6.07, 6.45) is 6.26. The van der Waals surface area contributed by atoms with E-state index in [1.165, 1.54) is 41.7 Å². The van der Waals surface area contributed by atoms with Crippen LogP contribution in [0.1, 0.15) is 66.8 Å². The van der Waals surface area contributed by atoms with E-state index in [4.69, 9.17) is 5.73 Å². The number of hydrogen-bond acceptors (Lipinski definition) is 4. The summed E-state index contributed by atoms with van der Waals surface area (Å²) in [6.45, 7) is 8.24. The van der Waals surface area contributed by atoms with E-state index < -0.39 is 0 Å². The Morgan fingerprint density at radius 3 is 2.57 bits per heavy atom.